The van der Waals surface area contributed by atoms with Crippen LogP contribution in [0.25, 0.3) is 6.08 Å². The third-order valence-corrected chi connectivity index (χ3v) is 4.01. The lowest BCUT2D eigenvalue weighted by Crippen LogP contribution is -2.03. The van der Waals surface area contributed by atoms with Gasteiger partial charge in [0.05, 0.1) is 0 Å². The summed E-state index contributed by atoms with van der Waals surface area (Å²) in [7, 11) is 0. The maximum atomic E-state index is 12.5. The van der Waals surface area contributed by atoms with Crippen LogP contribution >= 0.6 is 0 Å². The van der Waals surface area contributed by atoms with E-state index in [4.69, 9.17) is 9.84 Å². The van der Waals surface area contributed by atoms with Crippen LogP contribution in [0.15, 0.2) is 84.9 Å². The zero-order chi connectivity index (χ0) is 19.1. The van der Waals surface area contributed by atoms with Gasteiger partial charge in [-0.2, -0.15) is 0 Å². The van der Waals surface area contributed by atoms with Crippen molar-refractivity contribution >= 4 is 17.6 Å². The second-order valence-electron chi connectivity index (χ2n) is 5.81. The van der Waals surface area contributed by atoms with E-state index in [2.05, 4.69) is 0 Å². The predicted octanol–water partition coefficient (Wildman–Crippen LogP) is 4.14. The molecule has 0 aliphatic carbocycles. The molecule has 0 spiro atoms. The molecular weight excluding hydrogens is 340 g/mol. The Labute approximate surface area is 157 Å². The van der Waals surface area contributed by atoms with E-state index < -0.39 is 6.79 Å². The number of carbonyl (C=O) groups excluding carboxylic acids is 2. The van der Waals surface area contributed by atoms with E-state index in [9.17, 15) is 9.59 Å². The van der Waals surface area contributed by atoms with Crippen LogP contribution in [0.2, 0.25) is 0 Å². The van der Waals surface area contributed by atoms with Gasteiger partial charge in [-0.3, -0.25) is 9.59 Å². The molecule has 0 saturated carbocycles. The van der Waals surface area contributed by atoms with Gasteiger partial charge in [-0.25, -0.2) is 0 Å². The largest absolute Gasteiger partial charge is 0.468 e. The second-order valence-corrected chi connectivity index (χ2v) is 5.81. The average Bonchev–Trinajstić information content (AvgIpc) is 2.73. The van der Waals surface area contributed by atoms with Gasteiger partial charge in [0.15, 0.2) is 18.4 Å². The Morgan fingerprint density at radius 3 is 1.93 bits per heavy atom. The van der Waals surface area contributed by atoms with Gasteiger partial charge in [-0.15, -0.1) is 0 Å². The van der Waals surface area contributed by atoms with Crippen LogP contribution in [0.4, 0.5) is 0 Å². The lowest BCUT2D eigenvalue weighted by atomic mass is 10.0. The number of hydrogen-bond donors (Lipinski definition) is 1. The van der Waals surface area contributed by atoms with Crippen molar-refractivity contribution in [1.82, 2.24) is 0 Å². The van der Waals surface area contributed by atoms with E-state index >= 15 is 0 Å². The first-order chi connectivity index (χ1) is 13.2. The monoisotopic (exact) mass is 358 g/mol. The fourth-order valence-electron chi connectivity index (χ4n) is 2.56. The first kappa shape index (κ1) is 18.3. The molecule has 0 saturated heterocycles. The molecule has 0 unspecified atom stereocenters. The summed E-state index contributed by atoms with van der Waals surface area (Å²) < 4.78 is 4.94. The maximum Gasteiger partial charge on any atom is 0.193 e. The van der Waals surface area contributed by atoms with Crippen molar-refractivity contribution < 1.29 is 19.4 Å². The molecule has 0 aromatic heterocycles. The number of aliphatic hydroxyl groups is 1. The van der Waals surface area contributed by atoms with Gasteiger partial charge >= 0.3 is 0 Å². The number of aliphatic hydroxyl groups excluding tert-OH is 1. The van der Waals surface area contributed by atoms with Crippen LogP contribution in [0.5, 0.6) is 5.75 Å². The minimum atomic E-state index is -0.415. The second kappa shape index (κ2) is 8.74. The third kappa shape index (κ3) is 4.77. The van der Waals surface area contributed by atoms with Crippen molar-refractivity contribution in [2.45, 2.75) is 0 Å². The SMILES string of the molecule is O=C(/C=C/c1ccccc1)c1ccc(C(=O)c2ccc(OCO)cc2)cc1. The highest BCUT2D eigenvalue weighted by Gasteiger charge is 2.10. The van der Waals surface area contributed by atoms with E-state index in [1.54, 1.807) is 54.6 Å². The van der Waals surface area contributed by atoms with Crippen LogP contribution in [0.3, 0.4) is 0 Å². The van der Waals surface area contributed by atoms with E-state index in [0.717, 1.165) is 5.56 Å². The zero-order valence-corrected chi connectivity index (χ0v) is 14.5. The highest BCUT2D eigenvalue weighted by molar-refractivity contribution is 6.10. The molecule has 3 rings (SSSR count). The lowest BCUT2D eigenvalue weighted by molar-refractivity contribution is 0.0984. The standard InChI is InChI=1S/C23H18O4/c24-16-27-21-13-11-20(12-14-21)23(26)19-9-7-18(8-10-19)22(25)15-6-17-4-2-1-3-5-17/h1-15,24H,16H2/b15-6+. The Balaban J connectivity index is 1.69. The fourth-order valence-corrected chi connectivity index (χ4v) is 2.56. The number of hydrogen-bond acceptors (Lipinski definition) is 4. The number of ketones is 2. The van der Waals surface area contributed by atoms with Gasteiger partial charge in [0.2, 0.25) is 0 Å². The number of rotatable bonds is 7. The number of ether oxygens (including phenoxy) is 1. The predicted molar refractivity (Wildman–Crippen MR) is 104 cm³/mol. The van der Waals surface area contributed by atoms with Crippen molar-refractivity contribution in [1.29, 1.82) is 0 Å². The summed E-state index contributed by atoms with van der Waals surface area (Å²) >= 11 is 0. The number of benzene rings is 3. The molecule has 0 atom stereocenters. The third-order valence-electron chi connectivity index (χ3n) is 4.01. The molecule has 3 aromatic carbocycles. The van der Waals surface area contributed by atoms with E-state index in [-0.39, 0.29) is 11.6 Å². The molecule has 1 N–H and O–H groups in total. The van der Waals surface area contributed by atoms with Gasteiger partial charge in [-0.1, -0.05) is 60.7 Å². The highest BCUT2D eigenvalue weighted by atomic mass is 16.6. The normalized spacial score (nSPS) is 10.7. The summed E-state index contributed by atoms with van der Waals surface area (Å²) in [5.41, 5.74) is 2.47. The van der Waals surface area contributed by atoms with Gasteiger partial charge in [-0.05, 0) is 35.9 Å². The Kier molecular flexibility index (Phi) is 5.92. The van der Waals surface area contributed by atoms with E-state index in [0.29, 0.717) is 22.4 Å². The number of carbonyl (C=O) groups is 2. The van der Waals surface area contributed by atoms with Crippen molar-refractivity contribution in [3.8, 4) is 5.75 Å². The summed E-state index contributed by atoms with van der Waals surface area (Å²) in [6.45, 7) is -0.415. The lowest BCUT2D eigenvalue weighted by Gasteiger charge is -2.05. The molecular formula is C23H18O4. The van der Waals surface area contributed by atoms with Crippen LogP contribution in [0, 0.1) is 0 Å². The van der Waals surface area contributed by atoms with Crippen LogP contribution in [-0.4, -0.2) is 23.5 Å². The quantitative estimate of drug-likeness (QED) is 0.392. The molecule has 4 nitrogen and oxygen atoms in total. The maximum absolute atomic E-state index is 12.5. The molecule has 4 heteroatoms. The molecule has 0 aliphatic heterocycles. The fraction of sp³-hybridized carbons (Fsp3) is 0.0435. The molecule has 0 amide bonds. The zero-order valence-electron chi connectivity index (χ0n) is 14.5. The average molecular weight is 358 g/mol. The summed E-state index contributed by atoms with van der Waals surface area (Å²) in [6.07, 6.45) is 3.28. The van der Waals surface area contributed by atoms with Crippen LogP contribution in [-0.2, 0) is 0 Å². The minimum absolute atomic E-state index is 0.122. The van der Waals surface area contributed by atoms with Crippen molar-refractivity contribution in [2.75, 3.05) is 6.79 Å². The van der Waals surface area contributed by atoms with Crippen molar-refractivity contribution in [2.24, 2.45) is 0 Å². The molecule has 0 aliphatic rings. The van der Waals surface area contributed by atoms with E-state index in [1.165, 1.54) is 6.08 Å². The molecule has 0 bridgehead atoms. The van der Waals surface area contributed by atoms with Gasteiger partial charge in [0.25, 0.3) is 0 Å². The Morgan fingerprint density at radius 1 is 0.778 bits per heavy atom. The Bertz CT molecular complexity index is 940. The summed E-state index contributed by atoms with van der Waals surface area (Å²) in [4.78, 5) is 24.8. The Hall–Kier alpha value is -3.50. The first-order valence-corrected chi connectivity index (χ1v) is 8.43. The molecule has 3 aromatic rings. The molecule has 0 heterocycles. The van der Waals surface area contributed by atoms with Gasteiger partial charge in [0.1, 0.15) is 5.75 Å². The van der Waals surface area contributed by atoms with E-state index in [1.807, 2.05) is 30.3 Å². The molecule has 27 heavy (non-hydrogen) atoms. The highest BCUT2D eigenvalue weighted by Crippen LogP contribution is 2.16. The summed E-state index contributed by atoms with van der Waals surface area (Å²) in [6, 6.07) is 22.7. The topological polar surface area (TPSA) is 63.6 Å². The van der Waals surface area contributed by atoms with Crippen molar-refractivity contribution in [3.63, 3.8) is 0 Å². The van der Waals surface area contributed by atoms with Crippen LogP contribution in [0.1, 0.15) is 31.8 Å². The molecule has 134 valence electrons. The number of allylic oxidation sites excluding steroid dienone is 1. The van der Waals surface area contributed by atoms with Crippen molar-refractivity contribution in [3.05, 3.63) is 107 Å². The summed E-state index contributed by atoms with van der Waals surface area (Å²) in [5.74, 6) is 0.216. The minimum Gasteiger partial charge on any atom is -0.468 e. The van der Waals surface area contributed by atoms with Crippen LogP contribution < -0.4 is 4.74 Å². The van der Waals surface area contributed by atoms with Gasteiger partial charge < -0.3 is 9.84 Å². The Morgan fingerprint density at radius 2 is 1.33 bits per heavy atom. The molecule has 0 radical (unpaired) electrons. The summed E-state index contributed by atoms with van der Waals surface area (Å²) in [5, 5.41) is 8.73. The smallest absolute Gasteiger partial charge is 0.193 e. The molecule has 0 fully saturated rings. The van der Waals surface area contributed by atoms with Gasteiger partial charge in [0, 0.05) is 16.7 Å². The first-order valence-electron chi connectivity index (χ1n) is 8.43.